The van der Waals surface area contributed by atoms with Crippen LogP contribution in [-0.2, 0) is 4.79 Å². The maximum Gasteiger partial charge on any atom is 0.236 e. The number of rotatable bonds is 5. The van der Waals surface area contributed by atoms with Crippen LogP contribution in [0.3, 0.4) is 0 Å². The molecule has 0 radical (unpaired) electrons. The van der Waals surface area contributed by atoms with Gasteiger partial charge in [0.2, 0.25) is 5.91 Å². The second-order valence-electron chi connectivity index (χ2n) is 4.17. The lowest BCUT2D eigenvalue weighted by Crippen LogP contribution is -2.41. The summed E-state index contributed by atoms with van der Waals surface area (Å²) in [6, 6.07) is 0. The number of carbonyl (C=O) groups is 1. The van der Waals surface area contributed by atoms with Crippen LogP contribution in [0.1, 0.15) is 12.8 Å². The molecular weight excluding hydrogens is 194 g/mol. The first-order valence-corrected chi connectivity index (χ1v) is 5.48. The van der Waals surface area contributed by atoms with E-state index in [0.29, 0.717) is 13.1 Å². The molecule has 88 valence electrons. The first-order chi connectivity index (χ1) is 7.13. The molecule has 1 aliphatic rings. The van der Waals surface area contributed by atoms with Crippen molar-refractivity contribution < 1.29 is 9.90 Å². The third-order valence-electron chi connectivity index (χ3n) is 2.66. The minimum Gasteiger partial charge on any atom is -0.390 e. The van der Waals surface area contributed by atoms with Crippen LogP contribution in [-0.4, -0.2) is 66.7 Å². The predicted octanol–water partition coefficient (Wildman–Crippen LogP) is -1.14. The zero-order valence-corrected chi connectivity index (χ0v) is 9.35. The van der Waals surface area contributed by atoms with Gasteiger partial charge in [-0.25, -0.2) is 0 Å². The van der Waals surface area contributed by atoms with Gasteiger partial charge in [0, 0.05) is 26.2 Å². The SMILES string of the molecule is CN(CC(=O)N1CCCC1)CC(O)CN. The molecule has 0 saturated carbocycles. The van der Waals surface area contributed by atoms with E-state index in [4.69, 9.17) is 5.73 Å². The number of carbonyl (C=O) groups excluding carboxylic acids is 1. The van der Waals surface area contributed by atoms with Crippen molar-refractivity contribution in [2.75, 3.05) is 39.8 Å². The molecule has 1 fully saturated rings. The molecule has 1 rings (SSSR count). The fourth-order valence-corrected chi connectivity index (χ4v) is 1.80. The van der Waals surface area contributed by atoms with E-state index in [9.17, 15) is 9.90 Å². The summed E-state index contributed by atoms with van der Waals surface area (Å²) in [5.41, 5.74) is 5.30. The van der Waals surface area contributed by atoms with Crippen molar-refractivity contribution in [2.24, 2.45) is 5.73 Å². The molecule has 0 aromatic heterocycles. The maximum atomic E-state index is 11.7. The zero-order valence-electron chi connectivity index (χ0n) is 9.35. The minimum atomic E-state index is -0.540. The Morgan fingerprint density at radius 3 is 2.67 bits per heavy atom. The van der Waals surface area contributed by atoms with Gasteiger partial charge >= 0.3 is 0 Å². The Balaban J connectivity index is 2.24. The van der Waals surface area contributed by atoms with E-state index in [1.807, 2.05) is 16.8 Å². The molecule has 0 aromatic rings. The summed E-state index contributed by atoms with van der Waals surface area (Å²) >= 11 is 0. The molecule has 1 saturated heterocycles. The quantitative estimate of drug-likeness (QED) is 0.608. The number of hydrogen-bond acceptors (Lipinski definition) is 4. The monoisotopic (exact) mass is 215 g/mol. The second kappa shape index (κ2) is 6.05. The summed E-state index contributed by atoms with van der Waals surface area (Å²) in [7, 11) is 1.83. The number of nitrogens with two attached hydrogens (primary N) is 1. The van der Waals surface area contributed by atoms with Crippen LogP contribution >= 0.6 is 0 Å². The van der Waals surface area contributed by atoms with Crippen molar-refractivity contribution in [3.8, 4) is 0 Å². The van der Waals surface area contributed by atoms with Crippen molar-refractivity contribution in [1.29, 1.82) is 0 Å². The van der Waals surface area contributed by atoms with E-state index in [1.165, 1.54) is 0 Å². The molecule has 1 unspecified atom stereocenters. The smallest absolute Gasteiger partial charge is 0.236 e. The van der Waals surface area contributed by atoms with Gasteiger partial charge in [-0.15, -0.1) is 0 Å². The summed E-state index contributed by atoms with van der Waals surface area (Å²) in [5.74, 6) is 0.152. The average molecular weight is 215 g/mol. The van der Waals surface area contributed by atoms with Crippen LogP contribution in [0, 0.1) is 0 Å². The summed E-state index contributed by atoms with van der Waals surface area (Å²) in [5, 5.41) is 9.31. The molecule has 0 aromatic carbocycles. The van der Waals surface area contributed by atoms with E-state index in [1.54, 1.807) is 0 Å². The van der Waals surface area contributed by atoms with Crippen molar-refractivity contribution in [3.63, 3.8) is 0 Å². The van der Waals surface area contributed by atoms with Crippen LogP contribution in [0.15, 0.2) is 0 Å². The van der Waals surface area contributed by atoms with Gasteiger partial charge in [-0.05, 0) is 19.9 Å². The maximum absolute atomic E-state index is 11.7. The van der Waals surface area contributed by atoms with Crippen LogP contribution in [0.25, 0.3) is 0 Å². The molecule has 15 heavy (non-hydrogen) atoms. The van der Waals surface area contributed by atoms with Crippen molar-refractivity contribution in [1.82, 2.24) is 9.80 Å². The van der Waals surface area contributed by atoms with Crippen LogP contribution < -0.4 is 5.73 Å². The number of hydrogen-bond donors (Lipinski definition) is 2. The Bertz CT molecular complexity index is 205. The fourth-order valence-electron chi connectivity index (χ4n) is 1.80. The Kier molecular flexibility index (Phi) is 5.01. The molecule has 0 bridgehead atoms. The van der Waals surface area contributed by atoms with Gasteiger partial charge in [-0.1, -0.05) is 0 Å². The highest BCUT2D eigenvalue weighted by Gasteiger charge is 2.19. The first kappa shape index (κ1) is 12.4. The summed E-state index contributed by atoms with van der Waals surface area (Å²) in [6.07, 6.45) is 1.68. The molecule has 5 heteroatoms. The largest absolute Gasteiger partial charge is 0.390 e. The van der Waals surface area contributed by atoms with Crippen LogP contribution in [0.4, 0.5) is 0 Å². The molecular formula is C10H21N3O2. The molecule has 1 amide bonds. The Hall–Kier alpha value is -0.650. The van der Waals surface area contributed by atoms with Gasteiger partial charge in [0.15, 0.2) is 0 Å². The van der Waals surface area contributed by atoms with Gasteiger partial charge in [0.05, 0.1) is 12.6 Å². The number of likely N-dealkylation sites (tertiary alicyclic amines) is 1. The third-order valence-corrected chi connectivity index (χ3v) is 2.66. The highest BCUT2D eigenvalue weighted by Crippen LogP contribution is 2.07. The normalized spacial score (nSPS) is 18.5. The van der Waals surface area contributed by atoms with Crippen molar-refractivity contribution >= 4 is 5.91 Å². The second-order valence-corrected chi connectivity index (χ2v) is 4.17. The zero-order chi connectivity index (χ0) is 11.3. The average Bonchev–Trinajstić information content (AvgIpc) is 2.70. The lowest BCUT2D eigenvalue weighted by atomic mass is 10.3. The predicted molar refractivity (Wildman–Crippen MR) is 58.4 cm³/mol. The van der Waals surface area contributed by atoms with E-state index < -0.39 is 6.10 Å². The van der Waals surface area contributed by atoms with Crippen LogP contribution in [0.5, 0.6) is 0 Å². The van der Waals surface area contributed by atoms with Crippen molar-refractivity contribution in [2.45, 2.75) is 18.9 Å². The topological polar surface area (TPSA) is 69.8 Å². The van der Waals surface area contributed by atoms with Gasteiger partial charge in [-0.3, -0.25) is 9.69 Å². The number of aliphatic hydroxyl groups excluding tert-OH is 1. The first-order valence-electron chi connectivity index (χ1n) is 5.48. The van der Waals surface area contributed by atoms with Gasteiger partial charge in [0.25, 0.3) is 0 Å². The van der Waals surface area contributed by atoms with Crippen molar-refractivity contribution in [3.05, 3.63) is 0 Å². The molecule has 5 nitrogen and oxygen atoms in total. The summed E-state index contributed by atoms with van der Waals surface area (Å²) < 4.78 is 0. The third kappa shape index (κ3) is 4.15. The number of nitrogens with zero attached hydrogens (tertiary/aromatic N) is 2. The van der Waals surface area contributed by atoms with E-state index >= 15 is 0 Å². The fraction of sp³-hybridized carbons (Fsp3) is 0.900. The van der Waals surface area contributed by atoms with E-state index in [-0.39, 0.29) is 12.5 Å². The minimum absolute atomic E-state index is 0.152. The summed E-state index contributed by atoms with van der Waals surface area (Å²) in [6.45, 7) is 2.83. The Morgan fingerprint density at radius 1 is 1.53 bits per heavy atom. The highest BCUT2D eigenvalue weighted by atomic mass is 16.3. The Morgan fingerprint density at radius 2 is 2.13 bits per heavy atom. The molecule has 1 heterocycles. The Labute approximate surface area is 90.8 Å². The van der Waals surface area contributed by atoms with E-state index in [2.05, 4.69) is 0 Å². The van der Waals surface area contributed by atoms with Gasteiger partial charge in [-0.2, -0.15) is 0 Å². The standard InChI is InChI=1S/C10H21N3O2/c1-12(7-9(14)6-11)8-10(15)13-4-2-3-5-13/h9,14H,2-8,11H2,1H3. The molecule has 0 aliphatic carbocycles. The number of likely N-dealkylation sites (N-methyl/N-ethyl adjacent to an activating group) is 1. The molecule has 1 atom stereocenters. The van der Waals surface area contributed by atoms with Gasteiger partial charge < -0.3 is 15.7 Å². The number of aliphatic hydroxyl groups is 1. The van der Waals surface area contributed by atoms with E-state index in [0.717, 1.165) is 25.9 Å². The highest BCUT2D eigenvalue weighted by molar-refractivity contribution is 5.78. The number of amides is 1. The lowest BCUT2D eigenvalue weighted by molar-refractivity contribution is -0.131. The molecule has 1 aliphatic heterocycles. The van der Waals surface area contributed by atoms with Crippen LogP contribution in [0.2, 0.25) is 0 Å². The molecule has 0 spiro atoms. The lowest BCUT2D eigenvalue weighted by Gasteiger charge is -2.22. The summed E-state index contributed by atoms with van der Waals surface area (Å²) in [4.78, 5) is 15.4. The van der Waals surface area contributed by atoms with Gasteiger partial charge in [0.1, 0.15) is 0 Å². The molecule has 3 N–H and O–H groups in total.